The predicted octanol–water partition coefficient (Wildman–Crippen LogP) is 4.60. The van der Waals surface area contributed by atoms with Crippen molar-refractivity contribution in [2.45, 2.75) is 45.7 Å². The van der Waals surface area contributed by atoms with Gasteiger partial charge in [0.05, 0.1) is 40.7 Å². The number of pyridine rings is 1. The van der Waals surface area contributed by atoms with E-state index >= 15 is 0 Å². The van der Waals surface area contributed by atoms with Gasteiger partial charge in [-0.25, -0.2) is 14.5 Å². The number of rotatable bonds is 11. The van der Waals surface area contributed by atoms with Crippen molar-refractivity contribution >= 4 is 28.7 Å². The monoisotopic (exact) mass is 547 g/mol. The van der Waals surface area contributed by atoms with E-state index in [2.05, 4.69) is 47.1 Å². The molecule has 5 rings (SSSR count). The Morgan fingerprint density at radius 3 is 2.82 bits per heavy atom. The Hall–Kier alpha value is -3.34. The first-order valence-corrected chi connectivity index (χ1v) is 14.6. The standard InChI is InChI=1S/C29H37N7O2S/c1-5-34(6-2)20(3)17-30-29(37)21-15-25(32-27(16-21)35-12-7-9-22(35)19-38-4)23-18-31-36-13-11-24(33-28(23)36)26-10-8-14-39-26/h8,10-11,13-16,18,20,22H,5-7,9,12,17,19H2,1-4H3,(H,30,37). The Kier molecular flexibility index (Phi) is 8.54. The summed E-state index contributed by atoms with van der Waals surface area (Å²) in [5, 5.41) is 9.74. The smallest absolute Gasteiger partial charge is 0.251 e. The van der Waals surface area contributed by atoms with Crippen LogP contribution in [0, 0.1) is 0 Å². The number of anilines is 1. The molecule has 1 aliphatic rings. The number of hydrogen-bond donors (Lipinski definition) is 1. The molecule has 5 heterocycles. The molecule has 0 bridgehead atoms. The molecule has 0 aliphatic carbocycles. The Balaban J connectivity index is 1.53. The molecule has 9 nitrogen and oxygen atoms in total. The number of carbonyl (C=O) groups excluding carboxylic acids is 1. The molecule has 4 aromatic heterocycles. The Morgan fingerprint density at radius 2 is 2.08 bits per heavy atom. The van der Waals surface area contributed by atoms with Crippen LogP contribution in [0.2, 0.25) is 0 Å². The summed E-state index contributed by atoms with van der Waals surface area (Å²) in [5.74, 6) is 0.674. The van der Waals surface area contributed by atoms with Gasteiger partial charge in [0.15, 0.2) is 5.65 Å². The number of nitrogens with zero attached hydrogens (tertiary/aromatic N) is 6. The fraction of sp³-hybridized carbons (Fsp3) is 0.448. The highest BCUT2D eigenvalue weighted by Gasteiger charge is 2.27. The van der Waals surface area contributed by atoms with Gasteiger partial charge in [-0.15, -0.1) is 11.3 Å². The van der Waals surface area contributed by atoms with Gasteiger partial charge in [-0.05, 0) is 62.5 Å². The number of ether oxygens (including phenoxy) is 1. The van der Waals surface area contributed by atoms with Crippen molar-refractivity contribution < 1.29 is 9.53 Å². The van der Waals surface area contributed by atoms with E-state index in [1.54, 1.807) is 29.2 Å². The van der Waals surface area contributed by atoms with Crippen LogP contribution in [0.15, 0.2) is 48.1 Å². The summed E-state index contributed by atoms with van der Waals surface area (Å²) in [6.45, 7) is 10.4. The molecule has 2 atom stereocenters. The highest BCUT2D eigenvalue weighted by molar-refractivity contribution is 7.13. The fourth-order valence-corrected chi connectivity index (χ4v) is 6.06. The molecule has 1 aliphatic heterocycles. The van der Waals surface area contributed by atoms with Crippen molar-refractivity contribution in [3.05, 3.63) is 53.7 Å². The molecule has 0 aromatic carbocycles. The number of carbonyl (C=O) groups is 1. The molecular formula is C29H37N7O2S. The molecular weight excluding hydrogens is 510 g/mol. The van der Waals surface area contributed by atoms with E-state index in [-0.39, 0.29) is 18.0 Å². The lowest BCUT2D eigenvalue weighted by molar-refractivity contribution is 0.0938. The van der Waals surface area contributed by atoms with E-state index in [1.165, 1.54) is 0 Å². The van der Waals surface area contributed by atoms with Crippen LogP contribution < -0.4 is 10.2 Å². The van der Waals surface area contributed by atoms with E-state index in [9.17, 15) is 4.79 Å². The summed E-state index contributed by atoms with van der Waals surface area (Å²) >= 11 is 1.65. The quantitative estimate of drug-likeness (QED) is 0.294. The summed E-state index contributed by atoms with van der Waals surface area (Å²) < 4.78 is 7.26. The number of hydrogen-bond acceptors (Lipinski definition) is 8. The number of methoxy groups -OCH3 is 1. The van der Waals surface area contributed by atoms with Crippen molar-refractivity contribution in [1.29, 1.82) is 0 Å². The maximum atomic E-state index is 13.5. The maximum absolute atomic E-state index is 13.5. The topological polar surface area (TPSA) is 87.9 Å². The van der Waals surface area contributed by atoms with E-state index < -0.39 is 0 Å². The van der Waals surface area contributed by atoms with Crippen molar-refractivity contribution in [3.8, 4) is 21.8 Å². The fourth-order valence-electron chi connectivity index (χ4n) is 5.36. The zero-order chi connectivity index (χ0) is 27.4. The van der Waals surface area contributed by atoms with Gasteiger partial charge in [-0.3, -0.25) is 9.69 Å². The summed E-state index contributed by atoms with van der Waals surface area (Å²) in [5.41, 5.74) is 3.66. The summed E-state index contributed by atoms with van der Waals surface area (Å²) in [4.78, 5) is 29.2. The highest BCUT2D eigenvalue weighted by Crippen LogP contribution is 2.31. The zero-order valence-corrected chi connectivity index (χ0v) is 23.9. The molecule has 0 saturated carbocycles. The number of nitrogens with one attached hydrogen (secondary N) is 1. The molecule has 39 heavy (non-hydrogen) atoms. The van der Waals surface area contributed by atoms with E-state index in [0.717, 1.165) is 54.4 Å². The van der Waals surface area contributed by atoms with Gasteiger partial charge in [0, 0.05) is 38.0 Å². The van der Waals surface area contributed by atoms with Gasteiger partial charge in [0.2, 0.25) is 0 Å². The van der Waals surface area contributed by atoms with Crippen LogP contribution in [-0.4, -0.2) is 82.4 Å². The Labute approximate surface area is 233 Å². The highest BCUT2D eigenvalue weighted by atomic mass is 32.1. The lowest BCUT2D eigenvalue weighted by atomic mass is 10.1. The molecule has 10 heteroatoms. The third-order valence-corrected chi connectivity index (χ3v) is 8.41. The van der Waals surface area contributed by atoms with Gasteiger partial charge in [0.25, 0.3) is 5.91 Å². The van der Waals surface area contributed by atoms with Gasteiger partial charge < -0.3 is 15.0 Å². The average Bonchev–Trinajstić information content (AvgIpc) is 3.73. The van der Waals surface area contributed by atoms with Crippen LogP contribution >= 0.6 is 11.3 Å². The minimum atomic E-state index is -0.106. The van der Waals surface area contributed by atoms with Gasteiger partial charge >= 0.3 is 0 Å². The average molecular weight is 548 g/mol. The normalized spacial score (nSPS) is 16.3. The van der Waals surface area contributed by atoms with E-state index in [4.69, 9.17) is 14.7 Å². The number of aromatic nitrogens is 4. The molecule has 0 spiro atoms. The SMILES string of the molecule is CCN(CC)C(C)CNC(=O)c1cc(-c2cnn3ccc(-c4cccs4)nc23)nc(N2CCCC2COC)c1. The van der Waals surface area contributed by atoms with Gasteiger partial charge in [-0.2, -0.15) is 5.10 Å². The van der Waals surface area contributed by atoms with Crippen LogP contribution in [-0.2, 0) is 4.74 Å². The van der Waals surface area contributed by atoms with Crippen LogP contribution in [0.25, 0.3) is 27.5 Å². The minimum absolute atomic E-state index is 0.106. The third kappa shape index (κ3) is 5.83. The van der Waals surface area contributed by atoms with Crippen LogP contribution in [0.1, 0.15) is 44.0 Å². The lowest BCUT2D eigenvalue weighted by Gasteiger charge is -2.27. The van der Waals surface area contributed by atoms with Gasteiger partial charge in [-0.1, -0.05) is 19.9 Å². The largest absolute Gasteiger partial charge is 0.383 e. The number of thiophene rings is 1. The summed E-state index contributed by atoms with van der Waals surface area (Å²) in [7, 11) is 1.73. The number of amides is 1. The van der Waals surface area contributed by atoms with Crippen LogP contribution in [0.5, 0.6) is 0 Å². The molecule has 1 amide bonds. The molecule has 0 radical (unpaired) electrons. The van der Waals surface area contributed by atoms with Crippen molar-refractivity contribution in [3.63, 3.8) is 0 Å². The lowest BCUT2D eigenvalue weighted by Crippen LogP contribution is -2.42. The van der Waals surface area contributed by atoms with Crippen LogP contribution in [0.4, 0.5) is 5.82 Å². The molecule has 1 N–H and O–H groups in total. The van der Waals surface area contributed by atoms with Gasteiger partial charge in [0.1, 0.15) is 5.82 Å². The second kappa shape index (κ2) is 12.2. The summed E-state index contributed by atoms with van der Waals surface area (Å²) in [6.07, 6.45) is 5.80. The zero-order valence-electron chi connectivity index (χ0n) is 23.1. The second-order valence-electron chi connectivity index (χ2n) is 9.94. The second-order valence-corrected chi connectivity index (χ2v) is 10.9. The first-order valence-electron chi connectivity index (χ1n) is 13.7. The van der Waals surface area contributed by atoms with E-state index in [0.29, 0.717) is 30.1 Å². The van der Waals surface area contributed by atoms with Crippen LogP contribution in [0.3, 0.4) is 0 Å². The van der Waals surface area contributed by atoms with E-state index in [1.807, 2.05) is 35.8 Å². The first kappa shape index (κ1) is 27.2. The number of likely N-dealkylation sites (N-methyl/N-ethyl adjacent to an activating group) is 1. The van der Waals surface area contributed by atoms with Crippen molar-refractivity contribution in [1.82, 2.24) is 29.8 Å². The minimum Gasteiger partial charge on any atom is -0.383 e. The third-order valence-electron chi connectivity index (χ3n) is 7.52. The van der Waals surface area contributed by atoms with Crippen molar-refractivity contribution in [2.75, 3.05) is 44.8 Å². The summed E-state index contributed by atoms with van der Waals surface area (Å²) in [6, 6.07) is 10.3. The number of fused-ring (bicyclic) bond motifs is 1. The maximum Gasteiger partial charge on any atom is 0.251 e. The molecule has 206 valence electrons. The first-order chi connectivity index (χ1) is 19.0. The van der Waals surface area contributed by atoms with Crippen molar-refractivity contribution in [2.24, 2.45) is 0 Å². The Bertz CT molecular complexity index is 1400. The molecule has 1 fully saturated rings. The Morgan fingerprint density at radius 1 is 1.23 bits per heavy atom. The molecule has 1 saturated heterocycles. The molecule has 4 aromatic rings. The predicted molar refractivity (Wildman–Crippen MR) is 156 cm³/mol. The molecule has 2 unspecified atom stereocenters.